The summed E-state index contributed by atoms with van der Waals surface area (Å²) in [5, 5.41) is 7.15. The molecule has 1 N–H and O–H groups in total. The van der Waals surface area contributed by atoms with E-state index in [0.29, 0.717) is 42.6 Å². The van der Waals surface area contributed by atoms with Gasteiger partial charge in [0.15, 0.2) is 11.5 Å². The second-order valence-corrected chi connectivity index (χ2v) is 8.04. The van der Waals surface area contributed by atoms with Crippen molar-refractivity contribution in [3.05, 3.63) is 24.1 Å². The van der Waals surface area contributed by atoms with Crippen molar-refractivity contribution in [1.82, 2.24) is 20.4 Å². The molecule has 0 spiro atoms. The van der Waals surface area contributed by atoms with Crippen LogP contribution in [0.3, 0.4) is 0 Å². The number of hydrogen-bond acceptors (Lipinski definition) is 7. The molecule has 1 aliphatic carbocycles. The van der Waals surface area contributed by atoms with E-state index < -0.39 is 0 Å². The van der Waals surface area contributed by atoms with E-state index in [9.17, 15) is 9.59 Å². The predicted octanol–water partition coefficient (Wildman–Crippen LogP) is 3.36. The maximum atomic E-state index is 12.8. The fourth-order valence-corrected chi connectivity index (χ4v) is 4.41. The Morgan fingerprint density at radius 1 is 1.19 bits per heavy atom. The van der Waals surface area contributed by atoms with Crippen molar-refractivity contribution in [1.29, 1.82) is 0 Å². The van der Waals surface area contributed by atoms with Crippen LogP contribution in [0.15, 0.2) is 22.7 Å². The number of hydrogen-bond donors (Lipinski definition) is 1. The molecule has 2 aromatic rings. The van der Waals surface area contributed by atoms with Gasteiger partial charge in [0.2, 0.25) is 17.6 Å². The summed E-state index contributed by atoms with van der Waals surface area (Å²) in [4.78, 5) is 31.2. The van der Waals surface area contributed by atoms with Gasteiger partial charge in [0.1, 0.15) is 0 Å². The highest BCUT2D eigenvalue weighted by atomic mass is 16.5. The largest absolute Gasteiger partial charge is 0.493 e. The van der Waals surface area contributed by atoms with Crippen LogP contribution in [-0.2, 0) is 4.79 Å². The van der Waals surface area contributed by atoms with E-state index in [1.54, 1.807) is 26.4 Å². The van der Waals surface area contributed by atoms with Gasteiger partial charge in [0.25, 0.3) is 0 Å². The predicted molar refractivity (Wildman–Crippen MR) is 112 cm³/mol. The minimum absolute atomic E-state index is 0.00191. The highest BCUT2D eigenvalue weighted by Gasteiger charge is 2.45. The Hall–Kier alpha value is -3.10. The molecule has 9 heteroatoms. The lowest BCUT2D eigenvalue weighted by molar-refractivity contribution is -0.136. The molecule has 1 aromatic heterocycles. The summed E-state index contributed by atoms with van der Waals surface area (Å²) in [6.45, 7) is 2.52. The van der Waals surface area contributed by atoms with E-state index in [1.165, 1.54) is 4.90 Å². The van der Waals surface area contributed by atoms with E-state index in [4.69, 9.17) is 14.0 Å². The molecular formula is C22H28N4O5. The molecule has 0 radical (unpaired) electrons. The van der Waals surface area contributed by atoms with E-state index >= 15 is 0 Å². The fourth-order valence-electron chi connectivity index (χ4n) is 4.41. The Labute approximate surface area is 181 Å². The average Bonchev–Trinajstić information content (AvgIpc) is 3.28. The highest BCUT2D eigenvalue weighted by molar-refractivity contribution is 5.98. The summed E-state index contributed by atoms with van der Waals surface area (Å²) in [7, 11) is 3.16. The van der Waals surface area contributed by atoms with Gasteiger partial charge in [0, 0.05) is 24.1 Å². The van der Waals surface area contributed by atoms with Crippen molar-refractivity contribution < 1.29 is 23.6 Å². The van der Waals surface area contributed by atoms with Crippen LogP contribution in [0.25, 0.3) is 11.4 Å². The monoisotopic (exact) mass is 428 g/mol. The second kappa shape index (κ2) is 8.95. The average molecular weight is 428 g/mol. The molecule has 2 heterocycles. The SMILES string of the molecule is CCCCN1C(=O)NC2CC(c3nc(-c4ccc(OC)c(OC)c4)no3)CCC2C1=O. The molecule has 166 valence electrons. The third-order valence-electron chi connectivity index (χ3n) is 6.16. The van der Waals surface area contributed by atoms with Crippen molar-refractivity contribution in [3.8, 4) is 22.9 Å². The standard InChI is InChI=1S/C22H28N4O5/c1-4-5-10-26-21(27)15-8-6-14(11-16(15)23-22(26)28)20-24-19(25-31-20)13-7-9-17(29-2)18(12-13)30-3/h7,9,12,14-16H,4-6,8,10-11H2,1-3H3,(H,23,28). The Balaban J connectivity index is 1.47. The topological polar surface area (TPSA) is 107 Å². The number of ether oxygens (including phenoxy) is 2. The van der Waals surface area contributed by atoms with E-state index in [0.717, 1.165) is 24.8 Å². The molecule has 2 fully saturated rings. The van der Waals surface area contributed by atoms with Crippen LogP contribution in [0.5, 0.6) is 11.5 Å². The zero-order valence-electron chi connectivity index (χ0n) is 18.1. The number of urea groups is 1. The Morgan fingerprint density at radius 3 is 2.74 bits per heavy atom. The van der Waals surface area contributed by atoms with Gasteiger partial charge < -0.3 is 19.3 Å². The number of rotatable bonds is 7. The van der Waals surface area contributed by atoms with Crippen molar-refractivity contribution in [2.75, 3.05) is 20.8 Å². The summed E-state index contributed by atoms with van der Waals surface area (Å²) in [5.41, 5.74) is 0.758. The van der Waals surface area contributed by atoms with Crippen LogP contribution in [0.1, 0.15) is 50.8 Å². The number of carbonyl (C=O) groups is 2. The van der Waals surface area contributed by atoms with Crippen molar-refractivity contribution in [2.24, 2.45) is 5.92 Å². The lowest BCUT2D eigenvalue weighted by atomic mass is 9.76. The summed E-state index contributed by atoms with van der Waals surface area (Å²) < 4.78 is 16.2. The third kappa shape index (κ3) is 4.08. The molecule has 1 saturated carbocycles. The molecule has 1 aliphatic heterocycles. The van der Waals surface area contributed by atoms with Crippen molar-refractivity contribution in [2.45, 2.75) is 51.0 Å². The molecule has 3 unspecified atom stereocenters. The lowest BCUT2D eigenvalue weighted by Gasteiger charge is -2.41. The highest BCUT2D eigenvalue weighted by Crippen LogP contribution is 2.39. The first kappa shape index (κ1) is 21.1. The molecule has 2 aliphatic rings. The Bertz CT molecular complexity index is 959. The summed E-state index contributed by atoms with van der Waals surface area (Å²) >= 11 is 0. The van der Waals surface area contributed by atoms with Crippen molar-refractivity contribution >= 4 is 11.9 Å². The number of aromatic nitrogens is 2. The number of nitrogens with one attached hydrogen (secondary N) is 1. The zero-order valence-corrected chi connectivity index (χ0v) is 18.1. The Kier molecular flexibility index (Phi) is 6.11. The van der Waals surface area contributed by atoms with Crippen molar-refractivity contribution in [3.63, 3.8) is 0 Å². The van der Waals surface area contributed by atoms with E-state index in [-0.39, 0.29) is 29.8 Å². The van der Waals surface area contributed by atoms with E-state index in [1.807, 2.05) is 13.0 Å². The summed E-state index contributed by atoms with van der Waals surface area (Å²) in [6, 6.07) is 4.95. The van der Waals surface area contributed by atoms with Gasteiger partial charge in [-0.15, -0.1) is 0 Å². The summed E-state index contributed by atoms with van der Waals surface area (Å²) in [5.74, 6) is 1.96. The molecule has 1 saturated heterocycles. The smallest absolute Gasteiger partial charge is 0.324 e. The van der Waals surface area contributed by atoms with Crippen LogP contribution in [-0.4, -0.2) is 53.8 Å². The maximum Gasteiger partial charge on any atom is 0.324 e. The number of fused-ring (bicyclic) bond motifs is 1. The van der Waals surface area contributed by atoms with Crippen LogP contribution >= 0.6 is 0 Å². The quantitative estimate of drug-likeness (QED) is 0.720. The Morgan fingerprint density at radius 2 is 2.00 bits per heavy atom. The normalized spacial score (nSPS) is 23.3. The summed E-state index contributed by atoms with van der Waals surface area (Å²) in [6.07, 6.45) is 3.81. The van der Waals surface area contributed by atoms with Crippen LogP contribution < -0.4 is 14.8 Å². The minimum atomic E-state index is -0.295. The fraction of sp³-hybridized carbons (Fsp3) is 0.545. The molecule has 0 bridgehead atoms. The molecule has 9 nitrogen and oxygen atoms in total. The number of methoxy groups -OCH3 is 2. The number of unbranched alkanes of at least 4 members (excludes halogenated alkanes) is 1. The molecule has 3 amide bonds. The first-order chi connectivity index (χ1) is 15.0. The third-order valence-corrected chi connectivity index (χ3v) is 6.16. The van der Waals surface area contributed by atoms with Crippen LogP contribution in [0, 0.1) is 5.92 Å². The molecule has 4 rings (SSSR count). The lowest BCUT2D eigenvalue weighted by Crippen LogP contribution is -2.61. The van der Waals surface area contributed by atoms with Gasteiger partial charge in [-0.2, -0.15) is 4.98 Å². The zero-order chi connectivity index (χ0) is 22.0. The van der Waals surface area contributed by atoms with Gasteiger partial charge >= 0.3 is 6.03 Å². The maximum absolute atomic E-state index is 12.8. The molecule has 1 aromatic carbocycles. The second-order valence-electron chi connectivity index (χ2n) is 8.04. The van der Waals surface area contributed by atoms with Crippen LogP contribution in [0.4, 0.5) is 4.79 Å². The first-order valence-electron chi connectivity index (χ1n) is 10.7. The van der Waals surface area contributed by atoms with Gasteiger partial charge in [-0.3, -0.25) is 9.69 Å². The number of imide groups is 1. The number of carbonyl (C=O) groups excluding carboxylic acids is 2. The minimum Gasteiger partial charge on any atom is -0.493 e. The van der Waals surface area contributed by atoms with Gasteiger partial charge in [-0.1, -0.05) is 18.5 Å². The number of amides is 3. The molecular weight excluding hydrogens is 400 g/mol. The van der Waals surface area contributed by atoms with Gasteiger partial charge in [-0.25, -0.2) is 4.79 Å². The van der Waals surface area contributed by atoms with E-state index in [2.05, 4.69) is 15.5 Å². The molecule has 3 atom stereocenters. The van der Waals surface area contributed by atoms with Crippen LogP contribution in [0.2, 0.25) is 0 Å². The van der Waals surface area contributed by atoms with Gasteiger partial charge in [-0.05, 0) is 43.9 Å². The number of nitrogens with zero attached hydrogens (tertiary/aromatic N) is 3. The molecule has 31 heavy (non-hydrogen) atoms. The first-order valence-corrected chi connectivity index (χ1v) is 10.7. The number of benzene rings is 1. The van der Waals surface area contributed by atoms with Gasteiger partial charge in [0.05, 0.1) is 20.1 Å².